The monoisotopic (exact) mass is 682 g/mol. The molecule has 2 aliphatic carbocycles. The predicted molar refractivity (Wildman–Crippen MR) is 177 cm³/mol. The Bertz CT molecular complexity index is 1330. The molecule has 14 heteroatoms. The molecule has 2 aliphatic heterocycles. The third-order valence-corrected chi connectivity index (χ3v) is 16.2. The van der Waals surface area contributed by atoms with Gasteiger partial charge < -0.3 is 24.7 Å². The van der Waals surface area contributed by atoms with Gasteiger partial charge in [0.2, 0.25) is 21.8 Å². The maximum atomic E-state index is 14.3. The Kier molecular flexibility index (Phi) is 10.5. The van der Waals surface area contributed by atoms with Crippen LogP contribution in [0.2, 0.25) is 18.1 Å². The van der Waals surface area contributed by atoms with E-state index in [0.29, 0.717) is 25.7 Å². The smallest absolute Gasteiger partial charge is 0.408 e. The van der Waals surface area contributed by atoms with Gasteiger partial charge in [-0.1, -0.05) is 45.8 Å². The normalized spacial score (nSPS) is 29.9. The average molecular weight is 683 g/mol. The van der Waals surface area contributed by atoms with Gasteiger partial charge in [-0.15, -0.1) is 0 Å². The van der Waals surface area contributed by atoms with E-state index in [0.717, 1.165) is 19.3 Å². The lowest BCUT2D eigenvalue weighted by atomic mass is 10.0. The number of hydrogen-bond donors (Lipinski definition) is 3. The molecule has 2 saturated carbocycles. The number of hydrogen-bond acceptors (Lipinski definition) is 8. The molecule has 0 aromatic heterocycles. The van der Waals surface area contributed by atoms with Crippen molar-refractivity contribution in [2.24, 2.45) is 5.92 Å². The number of ether oxygens (including phenoxy) is 1. The highest BCUT2D eigenvalue weighted by atomic mass is 32.2. The molecule has 0 aromatic rings. The summed E-state index contributed by atoms with van der Waals surface area (Å²) in [5, 5.41) is 4.95. The van der Waals surface area contributed by atoms with Crippen molar-refractivity contribution in [3.8, 4) is 0 Å². The molecule has 0 radical (unpaired) electrons. The molecular formula is C32H54N4O8SSi. The lowest BCUT2D eigenvalue weighted by molar-refractivity contribution is -0.141. The molecule has 5 atom stereocenters. The fourth-order valence-corrected chi connectivity index (χ4v) is 8.61. The first-order valence-electron chi connectivity index (χ1n) is 16.7. The van der Waals surface area contributed by atoms with Gasteiger partial charge in [0.05, 0.1) is 11.4 Å². The molecule has 4 rings (SSSR count). The molecule has 1 saturated heterocycles. The summed E-state index contributed by atoms with van der Waals surface area (Å²) in [6.45, 7) is 16.0. The summed E-state index contributed by atoms with van der Waals surface area (Å²) in [6, 6.07) is -1.91. The van der Waals surface area contributed by atoms with Crippen molar-refractivity contribution < 1.29 is 36.8 Å². The Labute approximate surface area is 275 Å². The number of nitrogens with zero attached hydrogens (tertiary/aromatic N) is 1. The third-order valence-electron chi connectivity index (χ3n) is 9.80. The predicted octanol–water partition coefficient (Wildman–Crippen LogP) is 3.87. The second-order valence-electron chi connectivity index (χ2n) is 16.0. The van der Waals surface area contributed by atoms with Crippen LogP contribution in [0, 0.1) is 5.92 Å². The van der Waals surface area contributed by atoms with Crippen molar-refractivity contribution >= 4 is 42.2 Å². The zero-order valence-corrected chi connectivity index (χ0v) is 30.6. The Morgan fingerprint density at radius 3 is 2.33 bits per heavy atom. The van der Waals surface area contributed by atoms with Crippen LogP contribution >= 0.6 is 0 Å². The molecule has 0 aromatic carbocycles. The zero-order chi connectivity index (χ0) is 34.3. The first kappa shape index (κ1) is 36.4. The minimum atomic E-state index is -3.84. The van der Waals surface area contributed by atoms with Crippen molar-refractivity contribution in [1.29, 1.82) is 0 Å². The van der Waals surface area contributed by atoms with Gasteiger partial charge in [0.1, 0.15) is 23.2 Å². The van der Waals surface area contributed by atoms with Crippen LogP contribution in [0.5, 0.6) is 0 Å². The zero-order valence-electron chi connectivity index (χ0n) is 28.7. The highest BCUT2D eigenvalue weighted by Crippen LogP contribution is 2.46. The quantitative estimate of drug-likeness (QED) is 0.281. The van der Waals surface area contributed by atoms with E-state index in [1.165, 1.54) is 4.90 Å². The van der Waals surface area contributed by atoms with Crippen LogP contribution in [0.3, 0.4) is 0 Å². The Balaban J connectivity index is 1.65. The summed E-state index contributed by atoms with van der Waals surface area (Å²) < 4.78 is 39.8. The largest absolute Gasteiger partial charge is 0.444 e. The van der Waals surface area contributed by atoms with Crippen molar-refractivity contribution in [1.82, 2.24) is 20.3 Å². The van der Waals surface area contributed by atoms with Crippen molar-refractivity contribution in [3.05, 3.63) is 12.2 Å². The van der Waals surface area contributed by atoms with E-state index in [4.69, 9.17) is 9.16 Å². The van der Waals surface area contributed by atoms with Crippen molar-refractivity contribution in [3.63, 3.8) is 0 Å². The van der Waals surface area contributed by atoms with Crippen LogP contribution in [0.4, 0.5) is 4.79 Å². The minimum Gasteiger partial charge on any atom is -0.444 e. The topological polar surface area (TPSA) is 160 Å². The van der Waals surface area contributed by atoms with Crippen LogP contribution in [0.25, 0.3) is 0 Å². The molecule has 2 heterocycles. The van der Waals surface area contributed by atoms with E-state index >= 15 is 0 Å². The van der Waals surface area contributed by atoms with Crippen molar-refractivity contribution in [2.45, 2.75) is 152 Å². The van der Waals surface area contributed by atoms with Gasteiger partial charge in [-0.05, 0) is 77.4 Å². The highest BCUT2D eigenvalue weighted by Gasteiger charge is 2.62. The molecule has 260 valence electrons. The first-order valence-corrected chi connectivity index (χ1v) is 21.1. The number of amides is 4. The van der Waals surface area contributed by atoms with Gasteiger partial charge in [-0.25, -0.2) is 13.2 Å². The maximum absolute atomic E-state index is 14.3. The Hall–Kier alpha value is -2.45. The summed E-state index contributed by atoms with van der Waals surface area (Å²) in [6.07, 6.45) is 7.56. The molecule has 0 unspecified atom stereocenters. The fourth-order valence-electron chi connectivity index (χ4n) is 5.89. The number of nitrogens with one attached hydrogen (secondary N) is 3. The number of carbonyl (C=O) groups is 4. The molecule has 0 bridgehead atoms. The van der Waals surface area contributed by atoms with Crippen LogP contribution in [-0.4, -0.2) is 86.6 Å². The Morgan fingerprint density at radius 1 is 1.04 bits per heavy atom. The van der Waals surface area contributed by atoms with E-state index in [2.05, 4.69) is 49.2 Å². The van der Waals surface area contributed by atoms with Crippen LogP contribution in [-0.2, 0) is 33.6 Å². The summed E-state index contributed by atoms with van der Waals surface area (Å²) in [4.78, 5) is 56.3. The van der Waals surface area contributed by atoms with E-state index in [-0.39, 0.29) is 30.3 Å². The SMILES string of the molecule is CC(C)(C)OC(=O)N[C@H]1CCCCCC=C[C@@H]2C[C@@]2(C(=O)NS(=O)(=O)C2CC2)NC(=O)[C@@H]2C[C@@H](O[Si](C)(C)C(C)(C)C)CN2C1=O. The number of fused-ring (bicyclic) bond motifs is 2. The number of allylic oxidation sites excluding steroid dienone is 1. The van der Waals surface area contributed by atoms with Gasteiger partial charge >= 0.3 is 6.09 Å². The maximum Gasteiger partial charge on any atom is 0.408 e. The number of alkyl carbamates (subject to hydrolysis) is 1. The van der Waals surface area contributed by atoms with E-state index < -0.39 is 76.7 Å². The molecule has 0 spiro atoms. The first-order chi connectivity index (χ1) is 21.2. The lowest BCUT2D eigenvalue weighted by Gasteiger charge is -2.38. The standard InChI is InChI=1S/C32H54N4O8SSi/c1-30(2,3)43-29(40)33-24-15-13-11-9-10-12-14-21-19-32(21,28(39)35-45(41,42)23-16-17-23)34-26(37)25-18-22(20-36(25)27(24)38)44-46(7,8)31(4,5)6/h12,14,21-25H,9-11,13,15-20H2,1-8H3,(H,33,40)(H,34,37)(H,35,39)/t21-,22-,24+,25+,32-/m1/s1. The number of sulfonamides is 1. The van der Waals surface area contributed by atoms with Gasteiger partial charge in [-0.2, -0.15) is 0 Å². The molecule has 4 aliphatic rings. The van der Waals surface area contributed by atoms with Gasteiger partial charge in [-0.3, -0.25) is 19.1 Å². The molecular weight excluding hydrogens is 629 g/mol. The fraction of sp³-hybridized carbons (Fsp3) is 0.812. The van der Waals surface area contributed by atoms with Crippen LogP contribution in [0.1, 0.15) is 99.3 Å². The third kappa shape index (κ3) is 8.71. The van der Waals surface area contributed by atoms with Crippen LogP contribution < -0.4 is 15.4 Å². The van der Waals surface area contributed by atoms with Crippen LogP contribution in [0.15, 0.2) is 12.2 Å². The summed E-state index contributed by atoms with van der Waals surface area (Å²) in [5.74, 6) is -2.08. The molecule has 12 nitrogen and oxygen atoms in total. The Morgan fingerprint density at radius 2 is 1.72 bits per heavy atom. The van der Waals surface area contributed by atoms with E-state index in [9.17, 15) is 27.6 Å². The minimum absolute atomic E-state index is 0.112. The molecule has 3 N–H and O–H groups in total. The van der Waals surface area contributed by atoms with Gasteiger partial charge in [0.25, 0.3) is 5.91 Å². The van der Waals surface area contributed by atoms with E-state index in [1.54, 1.807) is 20.8 Å². The molecule has 46 heavy (non-hydrogen) atoms. The van der Waals surface area contributed by atoms with E-state index in [1.807, 2.05) is 12.2 Å². The second kappa shape index (κ2) is 13.2. The lowest BCUT2D eigenvalue weighted by Crippen LogP contribution is -2.58. The van der Waals surface area contributed by atoms with Gasteiger partial charge in [0.15, 0.2) is 8.32 Å². The molecule has 3 fully saturated rings. The highest BCUT2D eigenvalue weighted by molar-refractivity contribution is 7.91. The summed E-state index contributed by atoms with van der Waals surface area (Å²) in [7, 11) is -6.14. The second-order valence-corrected chi connectivity index (χ2v) is 22.7. The number of rotatable bonds is 6. The number of carbonyl (C=O) groups excluding carboxylic acids is 4. The average Bonchev–Trinajstić information content (AvgIpc) is 3.82. The van der Waals surface area contributed by atoms with Gasteiger partial charge in [0, 0.05) is 18.9 Å². The molecule has 4 amide bonds. The van der Waals surface area contributed by atoms with Crippen molar-refractivity contribution in [2.75, 3.05) is 6.54 Å². The summed E-state index contributed by atoms with van der Waals surface area (Å²) >= 11 is 0. The summed E-state index contributed by atoms with van der Waals surface area (Å²) in [5.41, 5.74) is -2.20.